The van der Waals surface area contributed by atoms with Crippen molar-refractivity contribution in [2.24, 2.45) is 0 Å². The molecule has 7 nitrogen and oxygen atoms in total. The normalized spacial score (nSPS) is 12.5. The van der Waals surface area contributed by atoms with Crippen molar-refractivity contribution in [1.29, 1.82) is 0 Å². The van der Waals surface area contributed by atoms with Crippen LogP contribution in [-0.4, -0.2) is 38.3 Å². The van der Waals surface area contributed by atoms with E-state index in [-0.39, 0.29) is 6.04 Å². The molecule has 1 unspecified atom stereocenters. The SMILES string of the molecule is CCn1cc(CNc2nc(C)c(-c3ccn(C(C)COC)n3)s2)c(C)n1. The van der Waals surface area contributed by atoms with Gasteiger partial charge in [-0.25, -0.2) is 4.98 Å². The lowest BCUT2D eigenvalue weighted by molar-refractivity contribution is 0.157. The van der Waals surface area contributed by atoms with Gasteiger partial charge in [0.25, 0.3) is 0 Å². The van der Waals surface area contributed by atoms with Crippen molar-refractivity contribution in [2.75, 3.05) is 19.0 Å². The Kier molecular flexibility index (Phi) is 5.73. The zero-order valence-electron chi connectivity index (χ0n) is 16.0. The molecule has 26 heavy (non-hydrogen) atoms. The van der Waals surface area contributed by atoms with E-state index in [1.54, 1.807) is 18.4 Å². The summed E-state index contributed by atoms with van der Waals surface area (Å²) in [6.07, 6.45) is 4.08. The average Bonchev–Trinajstić information content (AvgIpc) is 3.31. The van der Waals surface area contributed by atoms with E-state index in [1.807, 2.05) is 35.5 Å². The van der Waals surface area contributed by atoms with E-state index < -0.39 is 0 Å². The van der Waals surface area contributed by atoms with Gasteiger partial charge in [-0.1, -0.05) is 11.3 Å². The predicted molar refractivity (Wildman–Crippen MR) is 105 cm³/mol. The molecule has 3 aromatic rings. The van der Waals surface area contributed by atoms with Crippen molar-refractivity contribution in [3.63, 3.8) is 0 Å². The fraction of sp³-hybridized carbons (Fsp3) is 0.500. The van der Waals surface area contributed by atoms with Crippen LogP contribution in [0, 0.1) is 13.8 Å². The molecule has 140 valence electrons. The first-order valence-electron chi connectivity index (χ1n) is 8.80. The third-order valence-electron chi connectivity index (χ3n) is 4.30. The molecule has 0 aliphatic rings. The van der Waals surface area contributed by atoms with E-state index in [0.29, 0.717) is 6.61 Å². The van der Waals surface area contributed by atoms with Crippen LogP contribution in [0.3, 0.4) is 0 Å². The minimum Gasteiger partial charge on any atom is -0.382 e. The Hall–Kier alpha value is -2.19. The van der Waals surface area contributed by atoms with E-state index in [2.05, 4.69) is 40.5 Å². The van der Waals surface area contributed by atoms with Gasteiger partial charge in [-0.3, -0.25) is 9.36 Å². The second kappa shape index (κ2) is 8.01. The second-order valence-electron chi connectivity index (χ2n) is 6.37. The van der Waals surface area contributed by atoms with Crippen molar-refractivity contribution in [1.82, 2.24) is 24.5 Å². The topological polar surface area (TPSA) is 69.8 Å². The molecule has 0 fully saturated rings. The lowest BCUT2D eigenvalue weighted by Gasteiger charge is -2.09. The van der Waals surface area contributed by atoms with Gasteiger partial charge >= 0.3 is 0 Å². The van der Waals surface area contributed by atoms with E-state index in [9.17, 15) is 0 Å². The van der Waals surface area contributed by atoms with Crippen LogP contribution in [-0.2, 0) is 17.8 Å². The van der Waals surface area contributed by atoms with Crippen molar-refractivity contribution in [3.8, 4) is 10.6 Å². The lowest BCUT2D eigenvalue weighted by atomic mass is 10.3. The number of thiazole rings is 1. The highest BCUT2D eigenvalue weighted by Crippen LogP contribution is 2.32. The largest absolute Gasteiger partial charge is 0.382 e. The highest BCUT2D eigenvalue weighted by atomic mass is 32.1. The Morgan fingerprint density at radius 1 is 1.27 bits per heavy atom. The summed E-state index contributed by atoms with van der Waals surface area (Å²) in [7, 11) is 1.71. The van der Waals surface area contributed by atoms with Crippen LogP contribution in [0.25, 0.3) is 10.6 Å². The predicted octanol–water partition coefficient (Wildman–Crippen LogP) is 3.66. The minimum atomic E-state index is 0.206. The molecule has 0 amide bonds. The van der Waals surface area contributed by atoms with E-state index in [4.69, 9.17) is 4.74 Å². The molecule has 0 aliphatic heterocycles. The lowest BCUT2D eigenvalue weighted by Crippen LogP contribution is -2.11. The zero-order chi connectivity index (χ0) is 18.7. The summed E-state index contributed by atoms with van der Waals surface area (Å²) >= 11 is 1.63. The molecule has 1 N–H and O–H groups in total. The number of nitrogens with zero attached hydrogens (tertiary/aromatic N) is 5. The van der Waals surface area contributed by atoms with E-state index in [1.165, 1.54) is 5.56 Å². The van der Waals surface area contributed by atoms with Gasteiger partial charge < -0.3 is 10.1 Å². The number of anilines is 1. The van der Waals surface area contributed by atoms with Crippen LogP contribution in [0.5, 0.6) is 0 Å². The van der Waals surface area contributed by atoms with Gasteiger partial charge in [0.15, 0.2) is 5.13 Å². The number of aryl methyl sites for hydroxylation is 3. The van der Waals surface area contributed by atoms with Crippen LogP contribution in [0.2, 0.25) is 0 Å². The van der Waals surface area contributed by atoms with Crippen LogP contribution in [0.15, 0.2) is 18.5 Å². The molecule has 0 saturated carbocycles. The Bertz CT molecular complexity index is 865. The van der Waals surface area contributed by atoms with Crippen molar-refractivity contribution < 1.29 is 4.74 Å². The standard InChI is InChI=1S/C18H26N6OS/c1-6-23-10-15(13(3)21-23)9-19-18-20-14(4)17(26-18)16-7-8-24(22-16)12(2)11-25-5/h7-8,10,12H,6,9,11H2,1-5H3,(H,19,20). The van der Waals surface area contributed by atoms with Gasteiger partial charge in [0, 0.05) is 38.2 Å². The van der Waals surface area contributed by atoms with Crippen LogP contribution >= 0.6 is 11.3 Å². The van der Waals surface area contributed by atoms with Gasteiger partial charge in [-0.05, 0) is 33.8 Å². The molecule has 1 atom stereocenters. The first-order chi connectivity index (χ1) is 12.5. The highest BCUT2D eigenvalue weighted by Gasteiger charge is 2.14. The molecule has 0 saturated heterocycles. The Labute approximate surface area is 158 Å². The fourth-order valence-corrected chi connectivity index (χ4v) is 3.72. The summed E-state index contributed by atoms with van der Waals surface area (Å²) in [4.78, 5) is 5.75. The smallest absolute Gasteiger partial charge is 0.183 e. The number of methoxy groups -OCH3 is 1. The third kappa shape index (κ3) is 3.96. The van der Waals surface area contributed by atoms with Crippen LogP contribution in [0.4, 0.5) is 5.13 Å². The second-order valence-corrected chi connectivity index (χ2v) is 7.37. The molecule has 0 aromatic carbocycles. The van der Waals surface area contributed by atoms with E-state index >= 15 is 0 Å². The molecule has 0 aliphatic carbocycles. The van der Waals surface area contributed by atoms with Crippen molar-refractivity contribution in [3.05, 3.63) is 35.4 Å². The number of hydrogen-bond acceptors (Lipinski definition) is 6. The molecule has 0 bridgehead atoms. The summed E-state index contributed by atoms with van der Waals surface area (Å²) in [5.74, 6) is 0. The molecular weight excluding hydrogens is 348 g/mol. The summed E-state index contributed by atoms with van der Waals surface area (Å²) in [6, 6.07) is 2.24. The van der Waals surface area contributed by atoms with Crippen molar-refractivity contribution in [2.45, 2.75) is 46.8 Å². The van der Waals surface area contributed by atoms with Crippen LogP contribution in [0.1, 0.15) is 36.8 Å². The first kappa shape index (κ1) is 18.6. The maximum atomic E-state index is 5.21. The molecule has 3 rings (SSSR count). The first-order valence-corrected chi connectivity index (χ1v) is 9.62. The summed E-state index contributed by atoms with van der Waals surface area (Å²) in [6.45, 7) is 10.5. The number of rotatable bonds is 8. The molecule has 0 radical (unpaired) electrons. The third-order valence-corrected chi connectivity index (χ3v) is 5.44. The maximum Gasteiger partial charge on any atom is 0.183 e. The quantitative estimate of drug-likeness (QED) is 0.652. The summed E-state index contributed by atoms with van der Waals surface area (Å²) in [5, 5.41) is 13.5. The number of hydrogen-bond donors (Lipinski definition) is 1. The summed E-state index contributed by atoms with van der Waals surface area (Å²) in [5.41, 5.74) is 4.19. The highest BCUT2D eigenvalue weighted by molar-refractivity contribution is 7.19. The maximum absolute atomic E-state index is 5.21. The molecule has 8 heteroatoms. The van der Waals surface area contributed by atoms with Crippen LogP contribution < -0.4 is 5.32 Å². The molecule has 0 spiro atoms. The molecule has 3 heterocycles. The molecule has 3 aromatic heterocycles. The minimum absolute atomic E-state index is 0.206. The van der Waals surface area contributed by atoms with Gasteiger partial charge in [-0.15, -0.1) is 0 Å². The van der Waals surface area contributed by atoms with E-state index in [0.717, 1.165) is 40.2 Å². The Balaban J connectivity index is 1.72. The average molecular weight is 375 g/mol. The fourth-order valence-electron chi connectivity index (χ4n) is 2.80. The Morgan fingerprint density at radius 3 is 2.77 bits per heavy atom. The van der Waals surface area contributed by atoms with Gasteiger partial charge in [-0.2, -0.15) is 10.2 Å². The zero-order valence-corrected chi connectivity index (χ0v) is 16.8. The summed E-state index contributed by atoms with van der Waals surface area (Å²) < 4.78 is 9.10. The number of nitrogens with one attached hydrogen (secondary N) is 1. The van der Waals surface area contributed by atoms with Gasteiger partial charge in [0.1, 0.15) is 5.69 Å². The van der Waals surface area contributed by atoms with Gasteiger partial charge in [0.2, 0.25) is 0 Å². The Morgan fingerprint density at radius 2 is 2.08 bits per heavy atom. The number of aromatic nitrogens is 5. The number of ether oxygens (including phenoxy) is 1. The molecular formula is C18H26N6OS. The monoisotopic (exact) mass is 374 g/mol. The van der Waals surface area contributed by atoms with Gasteiger partial charge in [0.05, 0.1) is 28.9 Å². The van der Waals surface area contributed by atoms with Crippen molar-refractivity contribution >= 4 is 16.5 Å².